The molecule has 1 aromatic rings. The van der Waals surface area contributed by atoms with Gasteiger partial charge in [0, 0.05) is 10.0 Å². The highest BCUT2D eigenvalue weighted by Crippen LogP contribution is 2.37. The Morgan fingerprint density at radius 1 is 1.40 bits per heavy atom. The van der Waals surface area contributed by atoms with Crippen LogP contribution < -0.4 is 4.74 Å². The Morgan fingerprint density at radius 3 is 2.60 bits per heavy atom. The Balaban J connectivity index is 3.06. The van der Waals surface area contributed by atoms with Gasteiger partial charge in [-0.25, -0.2) is 8.78 Å². The van der Waals surface area contributed by atoms with Crippen LogP contribution in [0.25, 0.3) is 0 Å². The van der Waals surface area contributed by atoms with Crippen LogP contribution in [0.1, 0.15) is 17.3 Å². The highest BCUT2D eigenvalue weighted by atomic mass is 79.9. The Labute approximate surface area is 104 Å². The van der Waals surface area contributed by atoms with Crippen LogP contribution >= 0.6 is 31.9 Å². The van der Waals surface area contributed by atoms with Crippen LogP contribution in [0.5, 0.6) is 5.75 Å². The predicted molar refractivity (Wildman–Crippen MR) is 63.0 cm³/mol. The predicted octanol–water partition coefficient (Wildman–Crippen LogP) is 4.55. The summed E-state index contributed by atoms with van der Waals surface area (Å²) in [6.45, 7) is 2.27. The maximum absolute atomic E-state index is 12.5. The summed E-state index contributed by atoms with van der Waals surface area (Å²) in [5.41, 5.74) is 0.459. The van der Waals surface area contributed by atoms with Gasteiger partial charge < -0.3 is 4.74 Å². The van der Waals surface area contributed by atoms with Gasteiger partial charge in [0.15, 0.2) is 0 Å². The number of hydrogen-bond acceptors (Lipinski definition) is 1. The van der Waals surface area contributed by atoms with E-state index in [1.807, 2.05) is 6.92 Å². The van der Waals surface area contributed by atoms with Crippen LogP contribution in [0.3, 0.4) is 0 Å². The molecule has 1 aromatic carbocycles. The van der Waals surface area contributed by atoms with Gasteiger partial charge in [0.05, 0.1) is 6.61 Å². The lowest BCUT2D eigenvalue weighted by molar-refractivity contribution is 0.146. The van der Waals surface area contributed by atoms with Crippen molar-refractivity contribution in [3.8, 4) is 5.75 Å². The zero-order valence-corrected chi connectivity index (χ0v) is 11.2. The molecule has 15 heavy (non-hydrogen) atoms. The van der Waals surface area contributed by atoms with Crippen molar-refractivity contribution in [1.29, 1.82) is 0 Å². The molecule has 1 nitrogen and oxygen atoms in total. The second-order valence-corrected chi connectivity index (χ2v) is 4.75. The van der Waals surface area contributed by atoms with Gasteiger partial charge in [0.1, 0.15) is 10.6 Å². The van der Waals surface area contributed by atoms with Crippen molar-refractivity contribution in [3.63, 3.8) is 0 Å². The van der Waals surface area contributed by atoms with Gasteiger partial charge in [0.2, 0.25) is 0 Å². The summed E-state index contributed by atoms with van der Waals surface area (Å²) in [7, 11) is 0. The van der Waals surface area contributed by atoms with Gasteiger partial charge >= 0.3 is 0 Å². The van der Waals surface area contributed by atoms with E-state index >= 15 is 0 Å². The molecule has 0 bridgehead atoms. The minimum atomic E-state index is -2.46. The Kier molecular flexibility index (Phi) is 4.99. The minimum Gasteiger partial charge on any atom is -0.494 e. The fourth-order valence-corrected chi connectivity index (χ4v) is 1.89. The Hall–Kier alpha value is -0.160. The normalized spacial score (nSPS) is 12.9. The molecular weight excluding hydrogens is 334 g/mol. The molecule has 0 heterocycles. The number of halogens is 4. The summed E-state index contributed by atoms with van der Waals surface area (Å²) in [4.78, 5) is -1.00. The van der Waals surface area contributed by atoms with E-state index in [0.29, 0.717) is 17.9 Å². The Morgan fingerprint density at radius 2 is 2.07 bits per heavy atom. The standard InChI is InChI=1S/C10H10Br2F2O/c1-2-15-8-4-3-6(11)5-7(8)9(12)10(13)14/h3-5,9-10H,2H2,1H3. The first-order valence-corrected chi connectivity index (χ1v) is 6.11. The van der Waals surface area contributed by atoms with E-state index in [1.165, 1.54) is 0 Å². The zero-order chi connectivity index (χ0) is 11.4. The van der Waals surface area contributed by atoms with Crippen molar-refractivity contribution in [2.45, 2.75) is 18.2 Å². The molecular formula is C10H10Br2F2O. The van der Waals surface area contributed by atoms with Gasteiger partial charge in [-0.15, -0.1) is 0 Å². The molecule has 1 rings (SSSR count). The van der Waals surface area contributed by atoms with Gasteiger partial charge in [0.25, 0.3) is 6.43 Å². The second-order valence-electron chi connectivity index (χ2n) is 2.85. The minimum absolute atomic E-state index is 0.456. The zero-order valence-electron chi connectivity index (χ0n) is 8.01. The number of rotatable bonds is 4. The van der Waals surface area contributed by atoms with Crippen molar-refractivity contribution >= 4 is 31.9 Å². The van der Waals surface area contributed by atoms with Crippen molar-refractivity contribution in [2.24, 2.45) is 0 Å². The van der Waals surface area contributed by atoms with E-state index in [0.717, 1.165) is 4.47 Å². The third-order valence-corrected chi connectivity index (χ3v) is 3.18. The quantitative estimate of drug-likeness (QED) is 0.729. The van der Waals surface area contributed by atoms with Gasteiger partial charge in [-0.2, -0.15) is 0 Å². The maximum atomic E-state index is 12.5. The maximum Gasteiger partial charge on any atom is 0.255 e. The molecule has 84 valence electrons. The lowest BCUT2D eigenvalue weighted by Gasteiger charge is -2.14. The van der Waals surface area contributed by atoms with E-state index in [9.17, 15) is 8.78 Å². The number of ether oxygens (including phenoxy) is 1. The number of benzene rings is 1. The lowest BCUT2D eigenvalue weighted by atomic mass is 10.1. The molecule has 1 atom stereocenters. The molecule has 5 heteroatoms. The fourth-order valence-electron chi connectivity index (χ4n) is 1.16. The topological polar surface area (TPSA) is 9.23 Å². The smallest absolute Gasteiger partial charge is 0.255 e. The van der Waals surface area contributed by atoms with Crippen LogP contribution in [0.4, 0.5) is 8.78 Å². The van der Waals surface area contributed by atoms with Crippen LogP contribution in [0.2, 0.25) is 0 Å². The van der Waals surface area contributed by atoms with E-state index in [-0.39, 0.29) is 0 Å². The lowest BCUT2D eigenvalue weighted by Crippen LogP contribution is -2.05. The van der Waals surface area contributed by atoms with Gasteiger partial charge in [-0.1, -0.05) is 31.9 Å². The van der Waals surface area contributed by atoms with Crippen LogP contribution in [0.15, 0.2) is 22.7 Å². The van der Waals surface area contributed by atoms with E-state index in [2.05, 4.69) is 31.9 Å². The average Bonchev–Trinajstić information content (AvgIpc) is 2.20. The molecule has 0 saturated carbocycles. The Bertz CT molecular complexity index is 331. The summed E-state index contributed by atoms with van der Waals surface area (Å²) in [5.74, 6) is 0.489. The second kappa shape index (κ2) is 5.80. The van der Waals surface area contributed by atoms with Crippen molar-refractivity contribution in [1.82, 2.24) is 0 Å². The van der Waals surface area contributed by atoms with Gasteiger partial charge in [-0.05, 0) is 25.1 Å². The molecule has 0 amide bonds. The number of hydrogen-bond donors (Lipinski definition) is 0. The van der Waals surface area contributed by atoms with E-state index in [4.69, 9.17) is 4.74 Å². The third-order valence-electron chi connectivity index (χ3n) is 1.79. The van der Waals surface area contributed by atoms with Crippen LogP contribution in [-0.4, -0.2) is 13.0 Å². The summed E-state index contributed by atoms with van der Waals surface area (Å²) in [6.07, 6.45) is -2.46. The SMILES string of the molecule is CCOc1ccc(Br)cc1C(Br)C(F)F. The summed E-state index contributed by atoms with van der Waals surface area (Å²) in [5, 5.41) is 0. The van der Waals surface area contributed by atoms with Crippen LogP contribution in [0, 0.1) is 0 Å². The molecule has 0 saturated heterocycles. The van der Waals surface area contributed by atoms with Crippen molar-refractivity contribution in [3.05, 3.63) is 28.2 Å². The van der Waals surface area contributed by atoms with E-state index < -0.39 is 11.3 Å². The van der Waals surface area contributed by atoms with Crippen LogP contribution in [-0.2, 0) is 0 Å². The monoisotopic (exact) mass is 342 g/mol. The first-order chi connectivity index (χ1) is 7.06. The molecule has 0 spiro atoms. The molecule has 0 aliphatic carbocycles. The molecule has 0 N–H and O–H groups in total. The average molecular weight is 344 g/mol. The largest absolute Gasteiger partial charge is 0.494 e. The first-order valence-electron chi connectivity index (χ1n) is 4.40. The molecule has 0 fully saturated rings. The molecule has 0 aliphatic heterocycles. The highest BCUT2D eigenvalue weighted by Gasteiger charge is 2.22. The van der Waals surface area contributed by atoms with Crippen molar-refractivity contribution < 1.29 is 13.5 Å². The molecule has 0 radical (unpaired) electrons. The van der Waals surface area contributed by atoms with E-state index in [1.54, 1.807) is 18.2 Å². The van der Waals surface area contributed by atoms with Gasteiger partial charge in [-0.3, -0.25) is 0 Å². The molecule has 0 aromatic heterocycles. The number of alkyl halides is 3. The summed E-state index contributed by atoms with van der Waals surface area (Å²) < 4.78 is 31.1. The first kappa shape index (κ1) is 12.9. The molecule has 1 unspecified atom stereocenters. The molecule has 0 aliphatic rings. The fraction of sp³-hybridized carbons (Fsp3) is 0.400. The van der Waals surface area contributed by atoms with Crippen molar-refractivity contribution in [2.75, 3.05) is 6.61 Å². The highest BCUT2D eigenvalue weighted by molar-refractivity contribution is 9.10. The summed E-state index contributed by atoms with van der Waals surface area (Å²) >= 11 is 6.20. The third kappa shape index (κ3) is 3.41. The summed E-state index contributed by atoms with van der Waals surface area (Å²) in [6, 6.07) is 5.08.